The van der Waals surface area contributed by atoms with E-state index >= 15 is 0 Å². The number of aryl methyl sites for hydroxylation is 1. The Morgan fingerprint density at radius 1 is 1.30 bits per heavy atom. The van der Waals surface area contributed by atoms with Crippen molar-refractivity contribution in [2.45, 2.75) is 19.9 Å². The van der Waals surface area contributed by atoms with Crippen LogP contribution in [0.15, 0.2) is 24.0 Å². The van der Waals surface area contributed by atoms with Gasteiger partial charge in [-0.2, -0.15) is 0 Å². The monoisotopic (exact) mass is 346 g/mol. The number of likely N-dealkylation sites (N-methyl/N-ethyl adjacent to an activating group) is 1. The number of hydrogen-bond acceptors (Lipinski definition) is 8. The van der Waals surface area contributed by atoms with Gasteiger partial charge in [-0.05, 0) is 6.92 Å². The average molecular weight is 346 g/mol. The molecule has 3 aromatic rings. The Labute approximate surface area is 141 Å². The lowest BCUT2D eigenvalue weighted by molar-refractivity contribution is -0.129. The summed E-state index contributed by atoms with van der Waals surface area (Å²) in [5.41, 5.74) is 1.45. The van der Waals surface area contributed by atoms with Crippen molar-refractivity contribution in [3.8, 4) is 10.7 Å². The van der Waals surface area contributed by atoms with Crippen molar-refractivity contribution >= 4 is 28.6 Å². The molecular weight excluding hydrogens is 332 g/mol. The van der Waals surface area contributed by atoms with Crippen molar-refractivity contribution < 1.29 is 4.79 Å². The molecule has 0 fully saturated rings. The largest absolute Gasteiger partial charge is 0.339 e. The van der Waals surface area contributed by atoms with Gasteiger partial charge in [0.15, 0.2) is 0 Å². The van der Waals surface area contributed by atoms with Crippen LogP contribution in [0.1, 0.15) is 15.7 Å². The zero-order valence-electron chi connectivity index (χ0n) is 12.6. The van der Waals surface area contributed by atoms with E-state index in [-0.39, 0.29) is 12.3 Å². The average Bonchev–Trinajstić information content (AvgIpc) is 3.17. The van der Waals surface area contributed by atoms with E-state index in [0.29, 0.717) is 12.2 Å². The van der Waals surface area contributed by atoms with Gasteiger partial charge in [-0.1, -0.05) is 11.3 Å². The van der Waals surface area contributed by atoms with Gasteiger partial charge in [-0.3, -0.25) is 14.8 Å². The van der Waals surface area contributed by atoms with E-state index in [9.17, 15) is 4.79 Å². The molecule has 0 radical (unpaired) electrons. The molecule has 0 N–H and O–H groups in total. The van der Waals surface area contributed by atoms with Crippen LogP contribution in [-0.4, -0.2) is 43.0 Å². The third-order valence-corrected chi connectivity index (χ3v) is 4.77. The second kappa shape index (κ2) is 6.88. The van der Waals surface area contributed by atoms with E-state index in [1.54, 1.807) is 30.5 Å². The van der Waals surface area contributed by atoms with E-state index in [1.807, 2.05) is 12.3 Å². The van der Waals surface area contributed by atoms with Crippen LogP contribution in [0.3, 0.4) is 0 Å². The molecule has 3 aromatic heterocycles. The fourth-order valence-corrected chi connectivity index (χ4v) is 3.44. The van der Waals surface area contributed by atoms with Crippen LogP contribution in [0, 0.1) is 6.92 Å². The quantitative estimate of drug-likeness (QED) is 0.702. The molecule has 0 bridgehead atoms. The van der Waals surface area contributed by atoms with Crippen molar-refractivity contribution in [2.75, 3.05) is 7.05 Å². The molecule has 0 aromatic carbocycles. The minimum atomic E-state index is -0.00570. The van der Waals surface area contributed by atoms with Crippen molar-refractivity contribution in [3.05, 3.63) is 39.7 Å². The number of carbonyl (C=O) groups is 1. The lowest BCUT2D eigenvalue weighted by Gasteiger charge is -2.14. The summed E-state index contributed by atoms with van der Waals surface area (Å²) in [6.45, 7) is 2.36. The maximum Gasteiger partial charge on any atom is 0.228 e. The number of rotatable bonds is 5. The topological polar surface area (TPSA) is 84.8 Å². The van der Waals surface area contributed by atoms with Gasteiger partial charge in [0.2, 0.25) is 5.91 Å². The predicted octanol–water partition coefficient (Wildman–Crippen LogP) is 1.96. The van der Waals surface area contributed by atoms with E-state index in [4.69, 9.17) is 0 Å². The fourth-order valence-electron chi connectivity index (χ4n) is 1.90. The molecule has 9 heteroatoms. The highest BCUT2D eigenvalue weighted by Crippen LogP contribution is 2.21. The molecule has 0 atom stereocenters. The first-order chi connectivity index (χ1) is 11.1. The summed E-state index contributed by atoms with van der Waals surface area (Å²) in [4.78, 5) is 26.6. The zero-order valence-corrected chi connectivity index (χ0v) is 14.3. The minimum absolute atomic E-state index is 0.00570. The summed E-state index contributed by atoms with van der Waals surface area (Å²) in [6.07, 6.45) is 5.16. The van der Waals surface area contributed by atoms with Crippen molar-refractivity contribution in [1.29, 1.82) is 0 Å². The van der Waals surface area contributed by atoms with E-state index in [0.717, 1.165) is 20.7 Å². The van der Waals surface area contributed by atoms with Gasteiger partial charge in [0.25, 0.3) is 0 Å². The molecule has 0 unspecified atom stereocenters. The predicted molar refractivity (Wildman–Crippen MR) is 88.0 cm³/mol. The number of nitrogens with zero attached hydrogens (tertiary/aromatic N) is 6. The summed E-state index contributed by atoms with van der Waals surface area (Å²) >= 11 is 2.96. The zero-order chi connectivity index (χ0) is 16.2. The maximum atomic E-state index is 12.3. The van der Waals surface area contributed by atoms with Crippen LogP contribution in [0.5, 0.6) is 0 Å². The first-order valence-corrected chi connectivity index (χ1v) is 8.55. The Kier molecular flexibility index (Phi) is 4.68. The van der Waals surface area contributed by atoms with E-state index in [2.05, 4.69) is 25.1 Å². The van der Waals surface area contributed by atoms with Gasteiger partial charge in [0, 0.05) is 24.8 Å². The minimum Gasteiger partial charge on any atom is -0.339 e. The molecule has 118 valence electrons. The van der Waals surface area contributed by atoms with E-state index < -0.39 is 0 Å². The molecule has 0 spiro atoms. The standard InChI is InChI=1S/C14H14N6OS2/c1-9-18-19-12(23-9)7-20(2)13(21)5-10-8-22-14(17-10)11-6-15-3-4-16-11/h3-4,6,8H,5,7H2,1-2H3. The third kappa shape index (κ3) is 3.93. The van der Waals surface area contributed by atoms with Crippen LogP contribution in [-0.2, 0) is 17.8 Å². The first kappa shape index (κ1) is 15.6. The summed E-state index contributed by atoms with van der Waals surface area (Å²) in [5.74, 6) is -0.00570. The van der Waals surface area contributed by atoms with Gasteiger partial charge < -0.3 is 4.90 Å². The van der Waals surface area contributed by atoms with Crippen molar-refractivity contribution in [1.82, 2.24) is 30.0 Å². The summed E-state index contributed by atoms with van der Waals surface area (Å²) in [5, 5.41) is 12.4. The van der Waals surface area contributed by atoms with Gasteiger partial charge in [0.1, 0.15) is 20.7 Å². The fraction of sp³-hybridized carbons (Fsp3) is 0.286. The SMILES string of the molecule is Cc1nnc(CN(C)C(=O)Cc2csc(-c3cnccn3)n2)s1. The van der Waals surface area contributed by atoms with Crippen LogP contribution < -0.4 is 0 Å². The van der Waals surface area contributed by atoms with Crippen molar-refractivity contribution in [2.24, 2.45) is 0 Å². The number of amides is 1. The Morgan fingerprint density at radius 3 is 2.87 bits per heavy atom. The molecular formula is C14H14N6OS2. The number of aromatic nitrogens is 5. The van der Waals surface area contributed by atoms with Gasteiger partial charge in [-0.25, -0.2) is 4.98 Å². The maximum absolute atomic E-state index is 12.3. The second-order valence-electron chi connectivity index (χ2n) is 4.88. The molecule has 0 aliphatic carbocycles. The molecule has 3 heterocycles. The Balaban J connectivity index is 1.63. The number of thiazole rings is 1. The van der Waals surface area contributed by atoms with Crippen molar-refractivity contribution in [3.63, 3.8) is 0 Å². The van der Waals surface area contributed by atoms with Crippen LogP contribution in [0.25, 0.3) is 10.7 Å². The second-order valence-corrected chi connectivity index (χ2v) is 7.00. The van der Waals surface area contributed by atoms with Gasteiger partial charge in [0.05, 0.1) is 24.9 Å². The lowest BCUT2D eigenvalue weighted by Crippen LogP contribution is -2.27. The highest BCUT2D eigenvalue weighted by molar-refractivity contribution is 7.13. The number of hydrogen-bond donors (Lipinski definition) is 0. The Morgan fingerprint density at radius 2 is 2.17 bits per heavy atom. The summed E-state index contributed by atoms with van der Waals surface area (Å²) in [7, 11) is 1.76. The molecule has 0 saturated carbocycles. The smallest absolute Gasteiger partial charge is 0.228 e. The summed E-state index contributed by atoms with van der Waals surface area (Å²) in [6, 6.07) is 0. The van der Waals surface area contributed by atoms with Crippen LogP contribution in [0.4, 0.5) is 0 Å². The third-order valence-electron chi connectivity index (χ3n) is 3.03. The molecule has 0 aliphatic rings. The molecule has 0 saturated heterocycles. The highest BCUT2D eigenvalue weighted by Gasteiger charge is 2.15. The molecule has 7 nitrogen and oxygen atoms in total. The highest BCUT2D eigenvalue weighted by atomic mass is 32.1. The molecule has 1 amide bonds. The normalized spacial score (nSPS) is 10.7. The number of carbonyl (C=O) groups excluding carboxylic acids is 1. The Bertz CT molecular complexity index is 800. The Hall–Kier alpha value is -2.26. The lowest BCUT2D eigenvalue weighted by atomic mass is 10.3. The molecule has 23 heavy (non-hydrogen) atoms. The molecule has 3 rings (SSSR count). The van der Waals surface area contributed by atoms with Gasteiger partial charge >= 0.3 is 0 Å². The molecule has 0 aliphatic heterocycles. The van der Waals surface area contributed by atoms with Crippen LogP contribution >= 0.6 is 22.7 Å². The van der Waals surface area contributed by atoms with Crippen LogP contribution in [0.2, 0.25) is 0 Å². The van der Waals surface area contributed by atoms with Gasteiger partial charge in [-0.15, -0.1) is 21.5 Å². The first-order valence-electron chi connectivity index (χ1n) is 6.85. The van der Waals surface area contributed by atoms with E-state index in [1.165, 1.54) is 22.7 Å². The summed E-state index contributed by atoms with van der Waals surface area (Å²) < 4.78 is 0.